The zero-order valence-corrected chi connectivity index (χ0v) is 9.10. The van der Waals surface area contributed by atoms with Gasteiger partial charge in [0.2, 0.25) is 0 Å². The SMILES string of the molecule is CCCOCCCCS(=O)(=O)OC. The fraction of sp³-hybridized carbons (Fsp3) is 1.00. The normalized spacial score (nSPS) is 11.8. The van der Waals surface area contributed by atoms with Crippen molar-refractivity contribution < 1.29 is 17.3 Å². The Morgan fingerprint density at radius 1 is 1.15 bits per heavy atom. The van der Waals surface area contributed by atoms with Gasteiger partial charge in [-0.05, 0) is 19.3 Å². The summed E-state index contributed by atoms with van der Waals surface area (Å²) in [6.45, 7) is 3.42. The van der Waals surface area contributed by atoms with E-state index >= 15 is 0 Å². The van der Waals surface area contributed by atoms with Crippen molar-refractivity contribution in [2.45, 2.75) is 26.2 Å². The molecule has 0 aromatic carbocycles. The van der Waals surface area contributed by atoms with E-state index in [9.17, 15) is 8.42 Å². The number of unbranched alkanes of at least 4 members (excludes halogenated alkanes) is 1. The lowest BCUT2D eigenvalue weighted by molar-refractivity contribution is 0.132. The van der Waals surface area contributed by atoms with E-state index in [1.165, 1.54) is 7.11 Å². The van der Waals surface area contributed by atoms with Crippen LogP contribution in [0.4, 0.5) is 0 Å². The van der Waals surface area contributed by atoms with Gasteiger partial charge >= 0.3 is 0 Å². The summed E-state index contributed by atoms with van der Waals surface area (Å²) in [7, 11) is -2.08. The Hall–Kier alpha value is -0.130. The van der Waals surface area contributed by atoms with Gasteiger partial charge in [0.05, 0.1) is 12.9 Å². The first kappa shape index (κ1) is 12.9. The minimum Gasteiger partial charge on any atom is -0.381 e. The van der Waals surface area contributed by atoms with Gasteiger partial charge in [0.15, 0.2) is 0 Å². The Morgan fingerprint density at radius 2 is 1.85 bits per heavy atom. The molecule has 5 heteroatoms. The van der Waals surface area contributed by atoms with E-state index in [1.807, 2.05) is 6.92 Å². The lowest BCUT2D eigenvalue weighted by atomic mass is 10.4. The van der Waals surface area contributed by atoms with E-state index < -0.39 is 10.1 Å². The minimum absolute atomic E-state index is 0.0823. The van der Waals surface area contributed by atoms with Crippen LogP contribution in [0, 0.1) is 0 Å². The van der Waals surface area contributed by atoms with E-state index in [0.717, 1.165) is 19.4 Å². The van der Waals surface area contributed by atoms with Gasteiger partial charge in [-0.1, -0.05) is 6.92 Å². The third-order valence-corrected chi connectivity index (χ3v) is 2.83. The van der Waals surface area contributed by atoms with Crippen LogP contribution in [0.2, 0.25) is 0 Å². The highest BCUT2D eigenvalue weighted by Crippen LogP contribution is 1.98. The smallest absolute Gasteiger partial charge is 0.267 e. The van der Waals surface area contributed by atoms with Crippen molar-refractivity contribution in [2.75, 3.05) is 26.1 Å². The second-order valence-electron chi connectivity index (χ2n) is 2.75. The van der Waals surface area contributed by atoms with Gasteiger partial charge in [0.1, 0.15) is 0 Å². The summed E-state index contributed by atoms with van der Waals surface area (Å²) in [5.74, 6) is 0.0823. The van der Waals surface area contributed by atoms with Crippen LogP contribution in [0.1, 0.15) is 26.2 Å². The predicted octanol–water partition coefficient (Wildman–Crippen LogP) is 1.17. The molecular formula is C8H18O4S. The summed E-state index contributed by atoms with van der Waals surface area (Å²) < 4.78 is 31.1. The average Bonchev–Trinajstić information content (AvgIpc) is 2.11. The van der Waals surface area contributed by atoms with Gasteiger partial charge in [-0.2, -0.15) is 8.42 Å². The monoisotopic (exact) mass is 210 g/mol. The Kier molecular flexibility index (Phi) is 7.22. The van der Waals surface area contributed by atoms with Crippen LogP contribution in [0.3, 0.4) is 0 Å². The maximum absolute atomic E-state index is 10.8. The highest BCUT2D eigenvalue weighted by molar-refractivity contribution is 7.86. The van der Waals surface area contributed by atoms with Crippen molar-refractivity contribution in [2.24, 2.45) is 0 Å². The summed E-state index contributed by atoms with van der Waals surface area (Å²) in [5.41, 5.74) is 0. The maximum atomic E-state index is 10.8. The van der Waals surface area contributed by atoms with Crippen LogP contribution >= 0.6 is 0 Å². The molecule has 0 atom stereocenters. The van der Waals surface area contributed by atoms with Crippen molar-refractivity contribution in [1.82, 2.24) is 0 Å². The third kappa shape index (κ3) is 8.21. The molecule has 0 spiro atoms. The number of hydrogen-bond acceptors (Lipinski definition) is 4. The molecular weight excluding hydrogens is 192 g/mol. The second kappa shape index (κ2) is 7.29. The molecule has 0 unspecified atom stereocenters. The summed E-state index contributed by atoms with van der Waals surface area (Å²) >= 11 is 0. The first-order valence-corrected chi connectivity index (χ1v) is 6.06. The average molecular weight is 210 g/mol. The highest BCUT2D eigenvalue weighted by atomic mass is 32.2. The van der Waals surface area contributed by atoms with E-state index in [0.29, 0.717) is 13.0 Å². The minimum atomic E-state index is -3.27. The Morgan fingerprint density at radius 3 is 2.38 bits per heavy atom. The molecule has 0 saturated carbocycles. The van der Waals surface area contributed by atoms with Gasteiger partial charge < -0.3 is 4.74 Å². The van der Waals surface area contributed by atoms with Crippen LogP contribution < -0.4 is 0 Å². The third-order valence-electron chi connectivity index (χ3n) is 1.54. The molecule has 0 amide bonds. The van der Waals surface area contributed by atoms with E-state index in [-0.39, 0.29) is 5.75 Å². The zero-order valence-electron chi connectivity index (χ0n) is 8.28. The lowest BCUT2D eigenvalue weighted by Crippen LogP contribution is -2.08. The predicted molar refractivity (Wildman–Crippen MR) is 51.1 cm³/mol. The molecule has 0 bridgehead atoms. The van der Waals surface area contributed by atoms with Gasteiger partial charge in [-0.3, -0.25) is 4.18 Å². The fourth-order valence-electron chi connectivity index (χ4n) is 0.813. The molecule has 0 aliphatic heterocycles. The van der Waals surface area contributed by atoms with Crippen LogP contribution in [0.5, 0.6) is 0 Å². The lowest BCUT2D eigenvalue weighted by Gasteiger charge is -2.02. The second-order valence-corrected chi connectivity index (χ2v) is 4.60. The van der Waals surface area contributed by atoms with Gasteiger partial charge in [-0.15, -0.1) is 0 Å². The summed E-state index contributed by atoms with van der Waals surface area (Å²) in [4.78, 5) is 0. The topological polar surface area (TPSA) is 52.6 Å². The van der Waals surface area contributed by atoms with Gasteiger partial charge in [0, 0.05) is 13.2 Å². The molecule has 0 rings (SSSR count). The van der Waals surface area contributed by atoms with Crippen molar-refractivity contribution in [3.05, 3.63) is 0 Å². The van der Waals surface area contributed by atoms with E-state index in [2.05, 4.69) is 4.18 Å². The number of ether oxygens (including phenoxy) is 1. The van der Waals surface area contributed by atoms with E-state index in [4.69, 9.17) is 4.74 Å². The molecule has 13 heavy (non-hydrogen) atoms. The number of rotatable bonds is 8. The Balaban J connectivity index is 3.26. The molecule has 0 aromatic heterocycles. The van der Waals surface area contributed by atoms with E-state index in [1.54, 1.807) is 0 Å². The molecule has 0 fully saturated rings. The van der Waals surface area contributed by atoms with Crippen LogP contribution in [-0.4, -0.2) is 34.5 Å². The molecule has 0 aliphatic carbocycles. The van der Waals surface area contributed by atoms with Crippen LogP contribution in [0.25, 0.3) is 0 Å². The van der Waals surface area contributed by atoms with Gasteiger partial charge in [0.25, 0.3) is 10.1 Å². The largest absolute Gasteiger partial charge is 0.381 e. The standard InChI is InChI=1S/C8H18O4S/c1-3-6-12-7-4-5-8-13(9,10)11-2/h3-8H2,1-2H3. The quantitative estimate of drug-likeness (QED) is 0.446. The molecule has 80 valence electrons. The number of hydrogen-bond donors (Lipinski definition) is 0. The van der Waals surface area contributed by atoms with Crippen molar-refractivity contribution in [3.8, 4) is 0 Å². The molecule has 0 radical (unpaired) electrons. The Bertz CT molecular complexity index is 198. The molecule has 0 heterocycles. The first-order valence-electron chi connectivity index (χ1n) is 4.48. The summed E-state index contributed by atoms with van der Waals surface area (Å²) in [6, 6.07) is 0. The zero-order chi connectivity index (χ0) is 10.2. The molecule has 0 aromatic rings. The van der Waals surface area contributed by atoms with Crippen LogP contribution in [0.15, 0.2) is 0 Å². The molecule has 0 N–H and O–H groups in total. The van der Waals surface area contributed by atoms with Crippen molar-refractivity contribution in [1.29, 1.82) is 0 Å². The summed E-state index contributed by atoms with van der Waals surface area (Å²) in [5, 5.41) is 0. The van der Waals surface area contributed by atoms with Gasteiger partial charge in [-0.25, -0.2) is 0 Å². The van der Waals surface area contributed by atoms with Crippen molar-refractivity contribution in [3.63, 3.8) is 0 Å². The van der Waals surface area contributed by atoms with Crippen LogP contribution in [-0.2, 0) is 19.0 Å². The highest BCUT2D eigenvalue weighted by Gasteiger charge is 2.06. The Labute approximate surface area is 80.4 Å². The molecule has 0 aliphatic rings. The molecule has 0 saturated heterocycles. The van der Waals surface area contributed by atoms with Crippen molar-refractivity contribution >= 4 is 10.1 Å². The molecule has 4 nitrogen and oxygen atoms in total. The first-order chi connectivity index (χ1) is 6.12. The summed E-state index contributed by atoms with van der Waals surface area (Å²) in [6.07, 6.45) is 2.36. The fourth-order valence-corrected chi connectivity index (χ4v) is 1.54. The maximum Gasteiger partial charge on any atom is 0.267 e.